The number of anilines is 1. The van der Waals surface area contributed by atoms with Gasteiger partial charge in [0, 0.05) is 19.7 Å². The van der Waals surface area contributed by atoms with Crippen LogP contribution in [0.15, 0.2) is 29.8 Å². The number of benzene rings is 1. The number of aromatic nitrogens is 1. The van der Waals surface area contributed by atoms with Crippen molar-refractivity contribution in [3.05, 3.63) is 51.7 Å². The fourth-order valence-electron chi connectivity index (χ4n) is 1.98. The molecule has 0 saturated carbocycles. The Bertz CT molecular complexity index is 966. The summed E-state index contributed by atoms with van der Waals surface area (Å²) in [6, 6.07) is 9.51. The lowest BCUT2D eigenvalue weighted by molar-refractivity contribution is 0.0697. The zero-order chi connectivity index (χ0) is 18.6. The van der Waals surface area contributed by atoms with Crippen molar-refractivity contribution in [1.82, 2.24) is 4.98 Å². The van der Waals surface area contributed by atoms with Crippen molar-refractivity contribution in [1.29, 1.82) is 10.5 Å². The van der Waals surface area contributed by atoms with Crippen molar-refractivity contribution in [2.75, 3.05) is 19.0 Å². The monoisotopic (exact) mass is 349 g/mol. The van der Waals surface area contributed by atoms with Gasteiger partial charge in [-0.1, -0.05) is 12.1 Å². The Labute approximate surface area is 148 Å². The van der Waals surface area contributed by atoms with Crippen LogP contribution in [0.5, 0.6) is 0 Å². The standard InChI is InChI=1S/C17H11N5O2S/c1-20-13(12(8-18)9-19)15-14(21-17(25-15)22(2)3)10-4-6-11(7-5-10)16(23)24/h4-7H,2-3H3,(H,23,24). The van der Waals surface area contributed by atoms with E-state index in [0.717, 1.165) is 0 Å². The van der Waals surface area contributed by atoms with Crippen LogP contribution in [0.4, 0.5) is 5.13 Å². The normalized spacial score (nSPS) is 9.40. The van der Waals surface area contributed by atoms with Gasteiger partial charge in [0.05, 0.1) is 34.8 Å². The van der Waals surface area contributed by atoms with Gasteiger partial charge in [-0.15, -0.1) is 11.3 Å². The third-order valence-electron chi connectivity index (χ3n) is 3.19. The summed E-state index contributed by atoms with van der Waals surface area (Å²) in [5.74, 6) is -1.04. The molecule has 7 nitrogen and oxygen atoms in total. The highest BCUT2D eigenvalue weighted by Gasteiger charge is 2.21. The van der Waals surface area contributed by atoms with Crippen molar-refractivity contribution in [2.24, 2.45) is 0 Å². The van der Waals surface area contributed by atoms with Crippen LogP contribution >= 0.6 is 11.3 Å². The molecule has 1 aromatic heterocycles. The van der Waals surface area contributed by atoms with E-state index in [-0.39, 0.29) is 16.8 Å². The molecular formula is C17H11N5O2S. The summed E-state index contributed by atoms with van der Waals surface area (Å²) in [5, 5.41) is 27.8. The molecule has 0 aliphatic heterocycles. The number of nitrogens with zero attached hydrogens (tertiary/aromatic N) is 5. The minimum absolute atomic E-state index is 0.0621. The van der Waals surface area contributed by atoms with E-state index in [2.05, 4.69) is 9.83 Å². The van der Waals surface area contributed by atoms with Crippen LogP contribution in [0.1, 0.15) is 15.2 Å². The highest BCUT2D eigenvalue weighted by molar-refractivity contribution is 7.17. The third kappa shape index (κ3) is 3.48. The van der Waals surface area contributed by atoms with Crippen LogP contribution in [0.3, 0.4) is 0 Å². The summed E-state index contributed by atoms with van der Waals surface area (Å²) in [6.45, 7) is 7.35. The van der Waals surface area contributed by atoms with E-state index < -0.39 is 5.97 Å². The van der Waals surface area contributed by atoms with Gasteiger partial charge in [-0.2, -0.15) is 10.5 Å². The number of carboxylic acid groups (broad SMARTS) is 1. The van der Waals surface area contributed by atoms with Crippen LogP contribution in [0.25, 0.3) is 21.8 Å². The molecule has 0 radical (unpaired) electrons. The second-order valence-electron chi connectivity index (χ2n) is 5.01. The minimum atomic E-state index is -1.04. The van der Waals surface area contributed by atoms with Crippen LogP contribution in [0, 0.1) is 29.2 Å². The highest BCUT2D eigenvalue weighted by atomic mass is 32.1. The summed E-state index contributed by atoms with van der Waals surface area (Å²) in [6.07, 6.45) is 0. The van der Waals surface area contributed by atoms with Crippen LogP contribution < -0.4 is 4.90 Å². The van der Waals surface area contributed by atoms with Gasteiger partial charge in [-0.25, -0.2) is 14.6 Å². The molecule has 0 spiro atoms. The molecular weight excluding hydrogens is 338 g/mol. The number of allylic oxidation sites excluding steroid dienone is 1. The summed E-state index contributed by atoms with van der Waals surface area (Å²) < 4.78 is 0. The zero-order valence-corrected chi connectivity index (χ0v) is 14.1. The summed E-state index contributed by atoms with van der Waals surface area (Å²) >= 11 is 1.19. The largest absolute Gasteiger partial charge is 0.478 e. The van der Waals surface area contributed by atoms with Gasteiger partial charge >= 0.3 is 5.97 Å². The average Bonchev–Trinajstić information content (AvgIpc) is 3.04. The maximum Gasteiger partial charge on any atom is 0.335 e. The van der Waals surface area contributed by atoms with E-state index in [1.807, 2.05) is 0 Å². The molecule has 0 aliphatic rings. The second kappa shape index (κ2) is 7.27. The van der Waals surface area contributed by atoms with E-state index in [9.17, 15) is 4.79 Å². The van der Waals surface area contributed by atoms with Gasteiger partial charge in [0.15, 0.2) is 5.13 Å². The topological polar surface area (TPSA) is 105 Å². The van der Waals surface area contributed by atoms with Gasteiger partial charge in [0.25, 0.3) is 0 Å². The lowest BCUT2D eigenvalue weighted by Crippen LogP contribution is -2.07. The van der Waals surface area contributed by atoms with Gasteiger partial charge in [0.2, 0.25) is 5.70 Å². The molecule has 0 unspecified atom stereocenters. The van der Waals surface area contributed by atoms with Crippen molar-refractivity contribution in [3.8, 4) is 23.4 Å². The van der Waals surface area contributed by atoms with Crippen LogP contribution in [0.2, 0.25) is 0 Å². The number of hydrogen-bond donors (Lipinski definition) is 1. The first-order valence-electron chi connectivity index (χ1n) is 6.87. The number of carboxylic acids is 1. The average molecular weight is 349 g/mol. The first-order valence-corrected chi connectivity index (χ1v) is 7.68. The first kappa shape index (κ1) is 17.7. The molecule has 0 fully saturated rings. The van der Waals surface area contributed by atoms with Gasteiger partial charge < -0.3 is 10.0 Å². The van der Waals surface area contributed by atoms with E-state index in [0.29, 0.717) is 21.3 Å². The van der Waals surface area contributed by atoms with E-state index in [1.165, 1.54) is 23.5 Å². The van der Waals surface area contributed by atoms with Gasteiger partial charge in [-0.3, -0.25) is 0 Å². The molecule has 8 heteroatoms. The third-order valence-corrected chi connectivity index (χ3v) is 4.42. The Kier molecular flexibility index (Phi) is 5.14. The zero-order valence-electron chi connectivity index (χ0n) is 13.3. The SMILES string of the molecule is [C-]#[N+]C(=C(C#N)C#N)c1sc(N(C)C)nc1-c1ccc(C(=O)O)cc1. The first-order chi connectivity index (χ1) is 11.9. The second-order valence-corrected chi connectivity index (χ2v) is 5.99. The number of aromatic carboxylic acids is 1. The Balaban J connectivity index is 2.72. The van der Waals surface area contributed by atoms with Crippen LogP contribution in [-0.2, 0) is 0 Å². The molecule has 1 heterocycles. The molecule has 0 atom stereocenters. The molecule has 1 aromatic carbocycles. The fourth-order valence-corrected chi connectivity index (χ4v) is 2.98. The van der Waals surface area contributed by atoms with Gasteiger partial charge in [0.1, 0.15) is 5.57 Å². The van der Waals surface area contributed by atoms with Crippen molar-refractivity contribution < 1.29 is 9.90 Å². The Morgan fingerprint density at radius 2 is 1.88 bits per heavy atom. The van der Waals surface area contributed by atoms with Crippen molar-refractivity contribution in [3.63, 3.8) is 0 Å². The fraction of sp³-hybridized carbons (Fsp3) is 0.118. The maximum atomic E-state index is 11.0. The quantitative estimate of drug-likeness (QED) is 0.671. The van der Waals surface area contributed by atoms with Crippen LogP contribution in [-0.4, -0.2) is 30.2 Å². The molecule has 25 heavy (non-hydrogen) atoms. The summed E-state index contributed by atoms with van der Waals surface area (Å²) in [5.41, 5.74) is 0.810. The molecule has 2 rings (SSSR count). The molecule has 0 amide bonds. The summed E-state index contributed by atoms with van der Waals surface area (Å²) in [4.78, 5) is 21.0. The smallest absolute Gasteiger partial charge is 0.335 e. The molecule has 0 aliphatic carbocycles. The molecule has 1 N–H and O–H groups in total. The number of nitriles is 2. The maximum absolute atomic E-state index is 11.0. The predicted octanol–water partition coefficient (Wildman–Crippen LogP) is 3.25. The van der Waals surface area contributed by atoms with E-state index in [4.69, 9.17) is 22.2 Å². The van der Waals surface area contributed by atoms with E-state index in [1.54, 1.807) is 43.3 Å². The van der Waals surface area contributed by atoms with E-state index >= 15 is 0 Å². The highest BCUT2D eigenvalue weighted by Crippen LogP contribution is 2.38. The van der Waals surface area contributed by atoms with Crippen molar-refractivity contribution in [2.45, 2.75) is 0 Å². The number of carbonyl (C=O) groups is 1. The van der Waals surface area contributed by atoms with Gasteiger partial charge in [-0.05, 0) is 12.1 Å². The molecule has 2 aromatic rings. The lowest BCUT2D eigenvalue weighted by atomic mass is 10.1. The minimum Gasteiger partial charge on any atom is -0.478 e. The molecule has 122 valence electrons. The Morgan fingerprint density at radius 1 is 1.28 bits per heavy atom. The molecule has 0 bridgehead atoms. The Morgan fingerprint density at radius 3 is 2.32 bits per heavy atom. The predicted molar refractivity (Wildman–Crippen MR) is 93.6 cm³/mol. The number of hydrogen-bond acceptors (Lipinski definition) is 6. The number of thiazole rings is 1. The van der Waals surface area contributed by atoms with Crippen molar-refractivity contribution >= 4 is 28.1 Å². The lowest BCUT2D eigenvalue weighted by Gasteiger charge is -2.05. The summed E-state index contributed by atoms with van der Waals surface area (Å²) in [7, 11) is 3.58. The Hall–Kier alpha value is -3.67. The molecule has 0 saturated heterocycles. The number of rotatable bonds is 4.